The lowest BCUT2D eigenvalue weighted by atomic mass is 10.1. The normalized spacial score (nSPS) is 13.2. The molecule has 1 aromatic heterocycles. The second-order valence-corrected chi connectivity index (χ2v) is 8.96. The number of benzene rings is 3. The van der Waals surface area contributed by atoms with Crippen LogP contribution in [0.2, 0.25) is 0 Å². The summed E-state index contributed by atoms with van der Waals surface area (Å²) in [6.45, 7) is 2.60. The molecule has 0 spiro atoms. The van der Waals surface area contributed by atoms with E-state index >= 15 is 0 Å². The van der Waals surface area contributed by atoms with Crippen LogP contribution in [0.1, 0.15) is 43.2 Å². The number of fused-ring (bicyclic) bond motifs is 1. The first kappa shape index (κ1) is 24.4. The number of aryl methyl sites for hydroxylation is 1. The quantitative estimate of drug-likeness (QED) is 0.335. The van der Waals surface area contributed by atoms with Crippen LogP contribution in [-0.4, -0.2) is 23.3 Å². The van der Waals surface area contributed by atoms with Crippen LogP contribution in [0.15, 0.2) is 83.3 Å². The summed E-state index contributed by atoms with van der Waals surface area (Å²) in [7, 11) is 0. The largest absolute Gasteiger partial charge is 0.461 e. The molecule has 5 rings (SSSR count). The molecule has 0 saturated carbocycles. The van der Waals surface area contributed by atoms with Gasteiger partial charge in [0.05, 0.1) is 5.56 Å². The maximum Gasteiger partial charge on any atom is 0.416 e. The van der Waals surface area contributed by atoms with Crippen molar-refractivity contribution >= 4 is 17.5 Å². The monoisotopic (exact) mass is 504 g/mol. The number of nitrogens with zero attached hydrogens (tertiary/aromatic N) is 1. The van der Waals surface area contributed by atoms with E-state index in [0.717, 1.165) is 34.6 Å². The zero-order valence-electron chi connectivity index (χ0n) is 19.9. The Kier molecular flexibility index (Phi) is 6.33. The number of hydrogen-bond acceptors (Lipinski definition) is 3. The molecule has 0 saturated heterocycles. The molecule has 0 unspecified atom stereocenters. The highest BCUT2D eigenvalue weighted by Gasteiger charge is 2.31. The average molecular weight is 505 g/mol. The average Bonchev–Trinajstić information content (AvgIpc) is 3.32. The SMILES string of the molecule is Cc1ccccc1C(=O)Nc1ccc(-c2cc3c(o2)CCN(C(=O)c2ccc(C(F)(F)F)cc2)C3)cc1. The Morgan fingerprint density at radius 2 is 1.65 bits per heavy atom. The summed E-state index contributed by atoms with van der Waals surface area (Å²) in [4.78, 5) is 27.0. The first-order valence-corrected chi connectivity index (χ1v) is 11.7. The van der Waals surface area contributed by atoms with Crippen molar-refractivity contribution in [3.8, 4) is 11.3 Å². The van der Waals surface area contributed by atoms with Crippen LogP contribution in [0.25, 0.3) is 11.3 Å². The Labute approximate surface area is 211 Å². The molecule has 2 amide bonds. The third-order valence-corrected chi connectivity index (χ3v) is 6.43. The van der Waals surface area contributed by atoms with E-state index in [-0.39, 0.29) is 17.4 Å². The predicted molar refractivity (Wildman–Crippen MR) is 133 cm³/mol. The summed E-state index contributed by atoms with van der Waals surface area (Å²) in [5.74, 6) is 0.919. The van der Waals surface area contributed by atoms with E-state index in [9.17, 15) is 22.8 Å². The maximum absolute atomic E-state index is 12.9. The van der Waals surface area contributed by atoms with Gasteiger partial charge in [-0.05, 0) is 73.2 Å². The molecule has 37 heavy (non-hydrogen) atoms. The van der Waals surface area contributed by atoms with E-state index in [1.807, 2.05) is 43.3 Å². The summed E-state index contributed by atoms with van der Waals surface area (Å²) in [6.07, 6.45) is -3.94. The molecule has 1 N–H and O–H groups in total. The number of rotatable bonds is 4. The molecule has 2 heterocycles. The number of carbonyl (C=O) groups is 2. The highest BCUT2D eigenvalue weighted by molar-refractivity contribution is 6.05. The van der Waals surface area contributed by atoms with Gasteiger partial charge < -0.3 is 14.6 Å². The van der Waals surface area contributed by atoms with Crippen molar-refractivity contribution in [2.75, 3.05) is 11.9 Å². The highest BCUT2D eigenvalue weighted by atomic mass is 19.4. The van der Waals surface area contributed by atoms with Crippen LogP contribution in [0, 0.1) is 6.92 Å². The van der Waals surface area contributed by atoms with Crippen molar-refractivity contribution in [3.63, 3.8) is 0 Å². The second kappa shape index (κ2) is 9.61. The molecular formula is C29H23F3N2O3. The van der Waals surface area contributed by atoms with E-state index in [1.165, 1.54) is 12.1 Å². The van der Waals surface area contributed by atoms with Gasteiger partial charge in [-0.25, -0.2) is 0 Å². The van der Waals surface area contributed by atoms with Gasteiger partial charge in [0, 0.05) is 47.5 Å². The zero-order chi connectivity index (χ0) is 26.2. The number of amides is 2. The van der Waals surface area contributed by atoms with Gasteiger partial charge in [0.15, 0.2) is 0 Å². The van der Waals surface area contributed by atoms with Crippen molar-refractivity contribution in [1.82, 2.24) is 4.90 Å². The first-order chi connectivity index (χ1) is 17.7. The van der Waals surface area contributed by atoms with Crippen molar-refractivity contribution in [1.29, 1.82) is 0 Å². The molecule has 0 fully saturated rings. The van der Waals surface area contributed by atoms with Gasteiger partial charge in [-0.3, -0.25) is 9.59 Å². The molecule has 0 aliphatic carbocycles. The van der Waals surface area contributed by atoms with Crippen LogP contribution in [0.5, 0.6) is 0 Å². The molecular weight excluding hydrogens is 481 g/mol. The Morgan fingerprint density at radius 1 is 0.946 bits per heavy atom. The minimum atomic E-state index is -4.44. The summed E-state index contributed by atoms with van der Waals surface area (Å²) < 4.78 is 44.5. The molecule has 3 aromatic carbocycles. The molecule has 1 aliphatic heterocycles. The van der Waals surface area contributed by atoms with Crippen molar-refractivity contribution in [2.24, 2.45) is 0 Å². The standard InChI is InChI=1S/C29H23F3N2O3/c1-18-4-2-3-5-24(18)27(35)33-23-12-8-19(9-13-23)26-16-21-17-34(15-14-25(21)37-26)28(36)20-6-10-22(11-7-20)29(30,31)32/h2-13,16H,14-15,17H2,1H3,(H,33,35). The fourth-order valence-electron chi connectivity index (χ4n) is 4.38. The number of halogens is 3. The van der Waals surface area contributed by atoms with Gasteiger partial charge in [0.25, 0.3) is 11.8 Å². The Morgan fingerprint density at radius 3 is 2.32 bits per heavy atom. The van der Waals surface area contributed by atoms with Crippen LogP contribution < -0.4 is 5.32 Å². The molecule has 5 nitrogen and oxygen atoms in total. The van der Waals surface area contributed by atoms with Gasteiger partial charge in [-0.1, -0.05) is 18.2 Å². The predicted octanol–water partition coefficient (Wildman–Crippen LogP) is 6.72. The lowest BCUT2D eigenvalue weighted by molar-refractivity contribution is -0.137. The molecule has 0 bridgehead atoms. The molecule has 1 aliphatic rings. The van der Waals surface area contributed by atoms with Gasteiger partial charge >= 0.3 is 6.18 Å². The third-order valence-electron chi connectivity index (χ3n) is 6.43. The Balaban J connectivity index is 1.26. The summed E-state index contributed by atoms with van der Waals surface area (Å²) in [5, 5.41) is 2.90. The highest BCUT2D eigenvalue weighted by Crippen LogP contribution is 2.32. The third kappa shape index (κ3) is 5.14. The lowest BCUT2D eigenvalue weighted by Gasteiger charge is -2.26. The Bertz CT molecular complexity index is 1460. The zero-order valence-corrected chi connectivity index (χ0v) is 19.9. The minimum absolute atomic E-state index is 0.183. The number of nitrogens with one attached hydrogen (secondary N) is 1. The van der Waals surface area contributed by atoms with E-state index in [0.29, 0.717) is 36.5 Å². The lowest BCUT2D eigenvalue weighted by Crippen LogP contribution is -2.35. The van der Waals surface area contributed by atoms with E-state index < -0.39 is 11.7 Å². The number of hydrogen-bond donors (Lipinski definition) is 1. The number of alkyl halides is 3. The van der Waals surface area contributed by atoms with Crippen molar-refractivity contribution in [2.45, 2.75) is 26.1 Å². The maximum atomic E-state index is 12.9. The first-order valence-electron chi connectivity index (χ1n) is 11.7. The van der Waals surface area contributed by atoms with E-state index in [1.54, 1.807) is 23.1 Å². The van der Waals surface area contributed by atoms with E-state index in [4.69, 9.17) is 4.42 Å². The summed E-state index contributed by atoms with van der Waals surface area (Å²) >= 11 is 0. The number of carbonyl (C=O) groups excluding carboxylic acids is 2. The van der Waals surface area contributed by atoms with Gasteiger partial charge in [-0.15, -0.1) is 0 Å². The molecule has 4 aromatic rings. The summed E-state index contributed by atoms with van der Waals surface area (Å²) in [5.41, 5.74) is 3.27. The molecule has 8 heteroatoms. The van der Waals surface area contributed by atoms with Crippen LogP contribution in [0.3, 0.4) is 0 Å². The topological polar surface area (TPSA) is 62.6 Å². The Hall–Kier alpha value is -4.33. The number of furan rings is 1. The fourth-order valence-corrected chi connectivity index (χ4v) is 4.38. The van der Waals surface area contributed by atoms with Crippen LogP contribution in [0.4, 0.5) is 18.9 Å². The van der Waals surface area contributed by atoms with Crippen molar-refractivity contribution < 1.29 is 27.2 Å². The minimum Gasteiger partial charge on any atom is -0.461 e. The second-order valence-electron chi connectivity index (χ2n) is 8.96. The van der Waals surface area contributed by atoms with E-state index in [2.05, 4.69) is 5.32 Å². The van der Waals surface area contributed by atoms with Crippen LogP contribution >= 0.6 is 0 Å². The van der Waals surface area contributed by atoms with Crippen molar-refractivity contribution in [3.05, 3.63) is 112 Å². The van der Waals surface area contributed by atoms with Gasteiger partial charge in [0.1, 0.15) is 11.5 Å². The molecule has 0 atom stereocenters. The summed E-state index contributed by atoms with van der Waals surface area (Å²) in [6, 6.07) is 20.8. The molecule has 0 radical (unpaired) electrons. The molecule has 188 valence electrons. The number of anilines is 1. The fraction of sp³-hybridized carbons (Fsp3) is 0.172. The van der Waals surface area contributed by atoms with Gasteiger partial charge in [0.2, 0.25) is 0 Å². The van der Waals surface area contributed by atoms with Crippen LogP contribution in [-0.2, 0) is 19.1 Å². The van der Waals surface area contributed by atoms with Gasteiger partial charge in [-0.2, -0.15) is 13.2 Å². The smallest absolute Gasteiger partial charge is 0.416 e.